The average Bonchev–Trinajstić information content (AvgIpc) is 2.59. The standard InChI is InChI=1S/C20H20N2O2/c1-13-11-17(24-12-16-7-5-4-6-8-16)9-10-18(13)19-14(2)20(23)22-21-15(19)3/h4-11H,12H2,1-3H3,(H,22,23). The Labute approximate surface area is 141 Å². The summed E-state index contributed by atoms with van der Waals surface area (Å²) >= 11 is 0. The van der Waals surface area contributed by atoms with E-state index < -0.39 is 0 Å². The van der Waals surface area contributed by atoms with E-state index >= 15 is 0 Å². The summed E-state index contributed by atoms with van der Waals surface area (Å²) in [5.41, 5.74) is 5.43. The van der Waals surface area contributed by atoms with Crippen LogP contribution in [0.3, 0.4) is 0 Å². The molecule has 0 aliphatic heterocycles. The van der Waals surface area contributed by atoms with Crippen molar-refractivity contribution in [2.75, 3.05) is 0 Å². The van der Waals surface area contributed by atoms with E-state index in [4.69, 9.17) is 4.74 Å². The van der Waals surface area contributed by atoms with Crippen LogP contribution in [0.5, 0.6) is 5.75 Å². The first kappa shape index (κ1) is 16.0. The van der Waals surface area contributed by atoms with Gasteiger partial charge < -0.3 is 4.74 Å². The topological polar surface area (TPSA) is 55.0 Å². The number of nitrogens with one attached hydrogen (secondary N) is 1. The van der Waals surface area contributed by atoms with Crippen LogP contribution in [0.15, 0.2) is 53.3 Å². The van der Waals surface area contributed by atoms with Crippen molar-refractivity contribution in [1.29, 1.82) is 0 Å². The first-order valence-corrected chi connectivity index (χ1v) is 7.90. The molecule has 0 bridgehead atoms. The summed E-state index contributed by atoms with van der Waals surface area (Å²) in [6.07, 6.45) is 0. The lowest BCUT2D eigenvalue weighted by molar-refractivity contribution is 0.306. The van der Waals surface area contributed by atoms with Gasteiger partial charge in [-0.3, -0.25) is 4.79 Å². The third kappa shape index (κ3) is 3.23. The van der Waals surface area contributed by atoms with Crippen LogP contribution in [0.4, 0.5) is 0 Å². The van der Waals surface area contributed by atoms with E-state index in [1.54, 1.807) is 0 Å². The second kappa shape index (κ2) is 6.71. The quantitative estimate of drug-likeness (QED) is 0.792. The van der Waals surface area contributed by atoms with Gasteiger partial charge in [0, 0.05) is 11.1 Å². The van der Waals surface area contributed by atoms with Gasteiger partial charge in [-0.25, -0.2) is 5.10 Å². The number of H-pyrrole nitrogens is 1. The minimum absolute atomic E-state index is 0.153. The summed E-state index contributed by atoms with van der Waals surface area (Å²) in [6.45, 7) is 6.27. The molecule has 0 aliphatic rings. The summed E-state index contributed by atoms with van der Waals surface area (Å²) in [5, 5.41) is 6.60. The Balaban J connectivity index is 1.88. The Kier molecular flexibility index (Phi) is 4.47. The van der Waals surface area contributed by atoms with Gasteiger partial charge in [0.05, 0.1) is 5.69 Å². The van der Waals surface area contributed by atoms with Crippen LogP contribution in [0.25, 0.3) is 11.1 Å². The number of hydrogen-bond acceptors (Lipinski definition) is 3. The molecule has 24 heavy (non-hydrogen) atoms. The molecule has 2 aromatic carbocycles. The molecule has 4 nitrogen and oxygen atoms in total. The molecule has 0 unspecified atom stereocenters. The van der Waals surface area contributed by atoms with Crippen LogP contribution in [0.1, 0.15) is 22.4 Å². The van der Waals surface area contributed by atoms with Crippen molar-refractivity contribution >= 4 is 0 Å². The van der Waals surface area contributed by atoms with Gasteiger partial charge in [-0.2, -0.15) is 5.10 Å². The smallest absolute Gasteiger partial charge is 0.267 e. The lowest BCUT2D eigenvalue weighted by atomic mass is 9.96. The zero-order valence-corrected chi connectivity index (χ0v) is 14.1. The number of rotatable bonds is 4. The summed E-state index contributed by atoms with van der Waals surface area (Å²) < 4.78 is 5.86. The van der Waals surface area contributed by atoms with E-state index in [9.17, 15) is 4.79 Å². The zero-order valence-electron chi connectivity index (χ0n) is 14.1. The highest BCUT2D eigenvalue weighted by atomic mass is 16.5. The average molecular weight is 320 g/mol. The molecular weight excluding hydrogens is 300 g/mol. The van der Waals surface area contributed by atoms with E-state index in [0.717, 1.165) is 33.7 Å². The Morgan fingerprint density at radius 3 is 2.50 bits per heavy atom. The second-order valence-corrected chi connectivity index (χ2v) is 5.89. The maximum atomic E-state index is 11.9. The molecule has 0 amide bonds. The predicted molar refractivity (Wildman–Crippen MR) is 95.3 cm³/mol. The van der Waals surface area contributed by atoms with Crippen molar-refractivity contribution in [2.45, 2.75) is 27.4 Å². The molecule has 0 radical (unpaired) electrons. The molecule has 3 aromatic rings. The third-order valence-corrected chi connectivity index (χ3v) is 4.12. The van der Waals surface area contributed by atoms with Crippen LogP contribution in [-0.4, -0.2) is 10.2 Å². The largest absolute Gasteiger partial charge is 0.489 e. The summed E-state index contributed by atoms with van der Waals surface area (Å²) in [4.78, 5) is 11.9. The van der Waals surface area contributed by atoms with Crippen LogP contribution in [-0.2, 0) is 6.61 Å². The van der Waals surface area contributed by atoms with E-state index in [-0.39, 0.29) is 5.56 Å². The fourth-order valence-electron chi connectivity index (χ4n) is 2.80. The molecule has 4 heteroatoms. The summed E-state index contributed by atoms with van der Waals surface area (Å²) in [5.74, 6) is 0.813. The highest BCUT2D eigenvalue weighted by molar-refractivity contribution is 5.72. The number of aromatic nitrogens is 2. The maximum Gasteiger partial charge on any atom is 0.267 e. The molecule has 1 aromatic heterocycles. The first-order chi connectivity index (χ1) is 11.6. The van der Waals surface area contributed by atoms with Crippen molar-refractivity contribution in [1.82, 2.24) is 10.2 Å². The van der Waals surface area contributed by atoms with Crippen molar-refractivity contribution in [3.8, 4) is 16.9 Å². The normalized spacial score (nSPS) is 10.6. The van der Waals surface area contributed by atoms with Crippen molar-refractivity contribution in [2.24, 2.45) is 0 Å². The molecule has 0 fully saturated rings. The first-order valence-electron chi connectivity index (χ1n) is 7.90. The highest BCUT2D eigenvalue weighted by Gasteiger charge is 2.12. The lowest BCUT2D eigenvalue weighted by Crippen LogP contribution is -2.14. The number of hydrogen-bond donors (Lipinski definition) is 1. The number of aryl methyl sites for hydroxylation is 2. The number of benzene rings is 2. The summed E-state index contributed by atoms with van der Waals surface area (Å²) in [6, 6.07) is 16.0. The monoisotopic (exact) mass is 320 g/mol. The second-order valence-electron chi connectivity index (χ2n) is 5.89. The molecule has 0 spiro atoms. The fraction of sp³-hybridized carbons (Fsp3) is 0.200. The van der Waals surface area contributed by atoms with Crippen molar-refractivity contribution in [3.63, 3.8) is 0 Å². The fourth-order valence-corrected chi connectivity index (χ4v) is 2.80. The van der Waals surface area contributed by atoms with E-state index in [0.29, 0.717) is 12.2 Å². The number of ether oxygens (including phenoxy) is 1. The SMILES string of the molecule is Cc1cc(OCc2ccccc2)ccc1-c1c(C)n[nH]c(=O)c1C. The van der Waals surface area contributed by atoms with Crippen molar-refractivity contribution in [3.05, 3.63) is 81.3 Å². The maximum absolute atomic E-state index is 11.9. The minimum atomic E-state index is -0.153. The molecule has 0 aliphatic carbocycles. The van der Waals surface area contributed by atoms with Gasteiger partial charge in [-0.05, 0) is 49.6 Å². The van der Waals surface area contributed by atoms with Crippen LogP contribution in [0, 0.1) is 20.8 Å². The summed E-state index contributed by atoms with van der Waals surface area (Å²) in [7, 11) is 0. The molecule has 0 saturated heterocycles. The Bertz CT molecular complexity index is 915. The van der Waals surface area contributed by atoms with Crippen LogP contribution >= 0.6 is 0 Å². The third-order valence-electron chi connectivity index (χ3n) is 4.12. The van der Waals surface area contributed by atoms with Crippen LogP contribution in [0.2, 0.25) is 0 Å². The molecule has 1 heterocycles. The van der Waals surface area contributed by atoms with Gasteiger partial charge in [-0.15, -0.1) is 0 Å². The lowest BCUT2D eigenvalue weighted by Gasteiger charge is -2.13. The van der Waals surface area contributed by atoms with Crippen LogP contribution < -0.4 is 10.3 Å². The van der Waals surface area contributed by atoms with Gasteiger partial charge >= 0.3 is 0 Å². The molecule has 3 rings (SSSR count). The number of aromatic amines is 1. The van der Waals surface area contributed by atoms with Gasteiger partial charge in [0.15, 0.2) is 0 Å². The van der Waals surface area contributed by atoms with E-state index in [2.05, 4.69) is 10.2 Å². The zero-order chi connectivity index (χ0) is 17.1. The molecule has 1 N–H and O–H groups in total. The highest BCUT2D eigenvalue weighted by Crippen LogP contribution is 2.29. The van der Waals surface area contributed by atoms with Gasteiger partial charge in [0.25, 0.3) is 5.56 Å². The van der Waals surface area contributed by atoms with E-state index in [1.165, 1.54) is 0 Å². The van der Waals surface area contributed by atoms with Gasteiger partial charge in [0.2, 0.25) is 0 Å². The Morgan fingerprint density at radius 1 is 1.04 bits per heavy atom. The van der Waals surface area contributed by atoms with Crippen molar-refractivity contribution < 1.29 is 4.74 Å². The van der Waals surface area contributed by atoms with E-state index in [1.807, 2.05) is 69.3 Å². The predicted octanol–water partition coefficient (Wildman–Crippen LogP) is 3.94. The number of nitrogens with zero attached hydrogens (tertiary/aromatic N) is 1. The Hall–Kier alpha value is -2.88. The van der Waals surface area contributed by atoms with Gasteiger partial charge in [0.1, 0.15) is 12.4 Å². The molecule has 0 atom stereocenters. The molecular formula is C20H20N2O2. The Morgan fingerprint density at radius 2 is 1.79 bits per heavy atom. The molecule has 122 valence electrons. The van der Waals surface area contributed by atoms with Gasteiger partial charge in [-0.1, -0.05) is 36.4 Å². The molecule has 0 saturated carbocycles. The minimum Gasteiger partial charge on any atom is -0.489 e.